The molecule has 4 atom stereocenters. The van der Waals surface area contributed by atoms with E-state index in [1.54, 1.807) is 0 Å². The zero-order valence-corrected chi connectivity index (χ0v) is 31.5. The van der Waals surface area contributed by atoms with Crippen LogP contribution in [0.5, 0.6) is 0 Å². The maximum absolute atomic E-state index is 14.2. The Hall–Kier alpha value is -6.05. The fourth-order valence-corrected chi connectivity index (χ4v) is 7.34. The second-order valence-electron chi connectivity index (χ2n) is 14.2. The summed E-state index contributed by atoms with van der Waals surface area (Å²) in [6.45, 7) is 0.665. The van der Waals surface area contributed by atoms with Gasteiger partial charge in [0.1, 0.15) is 18.1 Å². The van der Waals surface area contributed by atoms with Gasteiger partial charge in [0, 0.05) is 38.4 Å². The Morgan fingerprint density at radius 3 is 2.02 bits per heavy atom. The minimum atomic E-state index is -1.32. The van der Waals surface area contributed by atoms with Crippen molar-refractivity contribution in [3.05, 3.63) is 108 Å². The maximum Gasteiger partial charge on any atom is 0.290 e. The van der Waals surface area contributed by atoms with Crippen molar-refractivity contribution in [2.75, 3.05) is 19.6 Å². The summed E-state index contributed by atoms with van der Waals surface area (Å²) in [5.74, 6) is -4.62. The largest absolute Gasteiger partial charge is 0.370 e. The molecular formula is C42H52N8O6. The minimum absolute atomic E-state index is 0.000207. The molecule has 2 aliphatic heterocycles. The molecule has 0 spiro atoms. The van der Waals surface area contributed by atoms with Crippen molar-refractivity contribution in [1.29, 1.82) is 0 Å². The molecule has 0 bridgehead atoms. The van der Waals surface area contributed by atoms with E-state index in [-0.39, 0.29) is 57.2 Å². The average molecular weight is 765 g/mol. The summed E-state index contributed by atoms with van der Waals surface area (Å²) in [6, 6.07) is 23.3. The first-order chi connectivity index (χ1) is 27.1. The number of Topliss-reactive ketones (excluding diaryl/α,β-unsaturated/α-hetero) is 1. The molecule has 3 aromatic rings. The van der Waals surface area contributed by atoms with E-state index < -0.39 is 59.5 Å². The first-order valence-electron chi connectivity index (χ1n) is 19.3. The molecule has 2 heterocycles. The summed E-state index contributed by atoms with van der Waals surface area (Å²) < 4.78 is 0. The fraction of sp³-hybridized carbons (Fsp3) is 0.405. The van der Waals surface area contributed by atoms with Crippen molar-refractivity contribution in [3.8, 4) is 0 Å². The van der Waals surface area contributed by atoms with Gasteiger partial charge in [-0.25, -0.2) is 0 Å². The summed E-state index contributed by atoms with van der Waals surface area (Å²) in [4.78, 5) is 89.1. The zero-order chi connectivity index (χ0) is 39.9. The third kappa shape index (κ3) is 11.5. The molecule has 56 heavy (non-hydrogen) atoms. The topological polar surface area (TPSA) is 218 Å². The number of nitrogens with two attached hydrogens (primary N) is 2. The van der Waals surface area contributed by atoms with Crippen LogP contribution in [0.4, 0.5) is 0 Å². The highest BCUT2D eigenvalue weighted by Gasteiger charge is 2.40. The van der Waals surface area contributed by atoms with E-state index in [0.29, 0.717) is 32.1 Å². The van der Waals surface area contributed by atoms with Gasteiger partial charge < -0.3 is 37.6 Å². The molecule has 8 N–H and O–H groups in total. The number of nitrogens with zero attached hydrogens (tertiary/aromatic N) is 2. The molecule has 0 aromatic heterocycles. The first-order valence-corrected chi connectivity index (χ1v) is 19.3. The molecule has 2 aliphatic rings. The third-order valence-electron chi connectivity index (χ3n) is 10.2. The number of hydrogen-bond donors (Lipinski definition) is 6. The Balaban J connectivity index is 1.47. The van der Waals surface area contributed by atoms with Crippen LogP contribution >= 0.6 is 0 Å². The van der Waals surface area contributed by atoms with Gasteiger partial charge in [0.05, 0.1) is 6.04 Å². The van der Waals surface area contributed by atoms with E-state index in [1.165, 1.54) is 4.90 Å². The van der Waals surface area contributed by atoms with Crippen LogP contribution in [0.1, 0.15) is 74.0 Å². The van der Waals surface area contributed by atoms with E-state index in [4.69, 9.17) is 11.5 Å². The van der Waals surface area contributed by atoms with Crippen LogP contribution in [0.3, 0.4) is 0 Å². The molecule has 14 heteroatoms. The molecule has 0 unspecified atom stereocenters. The average Bonchev–Trinajstić information content (AvgIpc) is 3.70. The van der Waals surface area contributed by atoms with Crippen LogP contribution in [0.25, 0.3) is 0 Å². The number of guanidine groups is 1. The highest BCUT2D eigenvalue weighted by Crippen LogP contribution is 2.29. The Labute approximate surface area is 327 Å². The third-order valence-corrected chi connectivity index (χ3v) is 10.2. The van der Waals surface area contributed by atoms with E-state index in [2.05, 4.69) is 26.3 Å². The van der Waals surface area contributed by atoms with Crippen molar-refractivity contribution < 1.29 is 28.8 Å². The molecule has 0 radical (unpaired) electrons. The van der Waals surface area contributed by atoms with Gasteiger partial charge in [0.15, 0.2) is 5.96 Å². The van der Waals surface area contributed by atoms with Gasteiger partial charge in [-0.15, -0.1) is 0 Å². The predicted molar refractivity (Wildman–Crippen MR) is 212 cm³/mol. The van der Waals surface area contributed by atoms with Crippen molar-refractivity contribution in [2.45, 2.75) is 87.9 Å². The number of hydrogen-bond acceptors (Lipinski definition) is 7. The van der Waals surface area contributed by atoms with E-state index in [9.17, 15) is 28.8 Å². The zero-order valence-electron chi connectivity index (χ0n) is 31.5. The molecule has 2 saturated heterocycles. The fourth-order valence-electron chi connectivity index (χ4n) is 7.34. The highest BCUT2D eigenvalue weighted by molar-refractivity contribution is 6.38. The monoisotopic (exact) mass is 764 g/mol. The molecule has 0 saturated carbocycles. The van der Waals surface area contributed by atoms with Crippen molar-refractivity contribution in [2.24, 2.45) is 16.5 Å². The second kappa shape index (κ2) is 20.6. The number of aliphatic imine (C=N–C) groups is 1. The second-order valence-corrected chi connectivity index (χ2v) is 14.2. The summed E-state index contributed by atoms with van der Waals surface area (Å²) >= 11 is 0. The van der Waals surface area contributed by atoms with Gasteiger partial charge in [0.2, 0.25) is 29.4 Å². The van der Waals surface area contributed by atoms with Crippen LogP contribution in [-0.4, -0.2) is 90.0 Å². The van der Waals surface area contributed by atoms with Crippen molar-refractivity contribution in [1.82, 2.24) is 26.2 Å². The quantitative estimate of drug-likeness (QED) is 0.0816. The van der Waals surface area contributed by atoms with Crippen LogP contribution < -0.4 is 32.7 Å². The number of nitrogens with one attached hydrogen (secondary N) is 4. The lowest BCUT2D eigenvalue weighted by Crippen LogP contribution is -2.58. The molecule has 5 amide bonds. The van der Waals surface area contributed by atoms with E-state index in [1.807, 2.05) is 91.0 Å². The number of amides is 5. The Morgan fingerprint density at radius 2 is 1.38 bits per heavy atom. The summed E-state index contributed by atoms with van der Waals surface area (Å²) in [5, 5.41) is 11.3. The number of fused-ring (bicyclic) bond motifs is 1. The van der Waals surface area contributed by atoms with Crippen molar-refractivity contribution >= 4 is 41.3 Å². The molecule has 2 fully saturated rings. The lowest BCUT2D eigenvalue weighted by molar-refractivity contribution is -0.144. The molecule has 14 nitrogen and oxygen atoms in total. The molecule has 296 valence electrons. The summed E-state index contributed by atoms with van der Waals surface area (Å²) in [7, 11) is 0. The van der Waals surface area contributed by atoms with Gasteiger partial charge in [-0.3, -0.25) is 33.8 Å². The van der Waals surface area contributed by atoms with Crippen LogP contribution in [0.2, 0.25) is 0 Å². The number of carbonyl (C=O) groups excluding carboxylic acids is 6. The number of benzene rings is 3. The normalized spacial score (nSPS) is 22.0. The van der Waals surface area contributed by atoms with Gasteiger partial charge >= 0.3 is 0 Å². The maximum atomic E-state index is 14.2. The number of ketones is 1. The van der Waals surface area contributed by atoms with E-state index in [0.717, 1.165) is 16.7 Å². The predicted octanol–water partition coefficient (Wildman–Crippen LogP) is 1.82. The van der Waals surface area contributed by atoms with Crippen LogP contribution in [-0.2, 0) is 35.2 Å². The van der Waals surface area contributed by atoms with Crippen LogP contribution in [0, 0.1) is 0 Å². The minimum Gasteiger partial charge on any atom is -0.370 e. The molecule has 0 aliphatic carbocycles. The lowest BCUT2D eigenvalue weighted by Gasteiger charge is -2.30. The Kier molecular flexibility index (Phi) is 15.1. The Bertz CT molecular complexity index is 1800. The van der Waals surface area contributed by atoms with Crippen molar-refractivity contribution in [3.63, 3.8) is 0 Å². The Morgan fingerprint density at radius 1 is 0.732 bits per heavy atom. The van der Waals surface area contributed by atoms with Crippen LogP contribution in [0.15, 0.2) is 96.0 Å². The molecule has 3 aromatic carbocycles. The highest BCUT2D eigenvalue weighted by atomic mass is 16.2. The van der Waals surface area contributed by atoms with Gasteiger partial charge in [-0.2, -0.15) is 0 Å². The van der Waals surface area contributed by atoms with Gasteiger partial charge in [-0.1, -0.05) is 97.4 Å². The smallest absolute Gasteiger partial charge is 0.290 e. The molecule has 5 rings (SSSR count). The van der Waals surface area contributed by atoms with Gasteiger partial charge in [0.25, 0.3) is 5.91 Å². The first kappa shape index (κ1) is 41.1. The van der Waals surface area contributed by atoms with Gasteiger partial charge in [-0.05, 0) is 55.2 Å². The summed E-state index contributed by atoms with van der Waals surface area (Å²) in [6.07, 6.45) is 3.15. The number of carbonyl (C=O) groups is 6. The standard InChI is InChI=1S/C42H52N8O6/c43-42(44)46-25-13-21-31-37(52)40(55)49-36(35(29-17-7-2-8-18-29)30-19-9-3-10-20-30)39(54)45-24-12-4-11-23-34(51)47-32(27-28-15-5-1-6-16-28)41(56)50-26-14-22-33(50)38(53)48-31/h1-3,5-10,15-20,31-33,35-36H,4,11-14,21-27H2,(H,45,54)(H,47,51)(H,48,53)(H,49,55)(H4,43,44,46)/t31-,32+,33-,36+/m0/s1. The molecular weight excluding hydrogens is 713 g/mol. The summed E-state index contributed by atoms with van der Waals surface area (Å²) in [5.41, 5.74) is 13.3. The van der Waals surface area contributed by atoms with E-state index >= 15 is 0 Å². The lowest BCUT2D eigenvalue weighted by atomic mass is 9.84. The SMILES string of the molecule is NC(N)=NCCC[C@@H]1NC(=O)[C@@H]2CCCN2C(=O)[C@@H](Cc2ccccc2)NC(=O)CCCCCNC(=O)[C@@H](C(c2ccccc2)c2ccccc2)NC(=O)C1=O. The number of rotatable bonds is 9.